The summed E-state index contributed by atoms with van der Waals surface area (Å²) in [7, 11) is 0. The second kappa shape index (κ2) is 9.67. The maximum absolute atomic E-state index is 12.0. The second-order valence-corrected chi connectivity index (χ2v) is 7.23. The fourth-order valence-electron chi connectivity index (χ4n) is 2.81. The van der Waals surface area contributed by atoms with Gasteiger partial charge in [0.05, 0.1) is 13.2 Å². The molecule has 0 bridgehead atoms. The van der Waals surface area contributed by atoms with Gasteiger partial charge in [-0.05, 0) is 34.9 Å². The predicted octanol–water partition coefficient (Wildman–Crippen LogP) is 3.61. The van der Waals surface area contributed by atoms with Crippen LogP contribution in [-0.2, 0) is 22.6 Å². The Hall–Kier alpha value is -1.95. The number of morpholine rings is 1. The number of nitrogens with zero attached hydrogens (tertiary/aromatic N) is 1. The van der Waals surface area contributed by atoms with Crippen LogP contribution in [0.2, 0.25) is 0 Å². The fourth-order valence-corrected chi connectivity index (χ4v) is 3.23. The van der Waals surface area contributed by atoms with Gasteiger partial charge in [0.1, 0.15) is 0 Å². The summed E-state index contributed by atoms with van der Waals surface area (Å²) in [6.45, 7) is 5.09. The molecule has 3 rings (SSSR count). The fraction of sp³-hybridized carbons (Fsp3) is 0.286. The van der Waals surface area contributed by atoms with Crippen LogP contribution in [-0.4, -0.2) is 37.1 Å². The Morgan fingerprint density at radius 1 is 1.12 bits per heavy atom. The zero-order valence-electron chi connectivity index (χ0n) is 14.7. The van der Waals surface area contributed by atoms with E-state index in [0.29, 0.717) is 6.54 Å². The number of carbonyl (C=O) groups is 1. The molecule has 0 atom stereocenters. The highest BCUT2D eigenvalue weighted by Crippen LogP contribution is 2.13. The first-order valence-electron chi connectivity index (χ1n) is 8.78. The number of carbonyl (C=O) groups excluding carboxylic acids is 1. The monoisotopic (exact) mass is 414 g/mol. The van der Waals surface area contributed by atoms with E-state index < -0.39 is 0 Å². The van der Waals surface area contributed by atoms with Gasteiger partial charge in [0.2, 0.25) is 5.91 Å². The molecule has 2 aromatic rings. The van der Waals surface area contributed by atoms with Crippen LogP contribution >= 0.6 is 15.9 Å². The zero-order chi connectivity index (χ0) is 18.2. The smallest absolute Gasteiger partial charge is 0.244 e. The summed E-state index contributed by atoms with van der Waals surface area (Å²) in [5.74, 6) is -0.0950. The minimum Gasteiger partial charge on any atom is -0.379 e. The molecule has 1 fully saturated rings. The van der Waals surface area contributed by atoms with Gasteiger partial charge in [0, 0.05) is 36.7 Å². The molecule has 1 heterocycles. The average Bonchev–Trinajstić information content (AvgIpc) is 2.67. The first-order chi connectivity index (χ1) is 12.7. The van der Waals surface area contributed by atoms with E-state index in [1.54, 1.807) is 6.08 Å². The van der Waals surface area contributed by atoms with Crippen LogP contribution in [0, 0.1) is 0 Å². The third-order valence-electron chi connectivity index (χ3n) is 4.28. The van der Waals surface area contributed by atoms with Crippen LogP contribution in [0.3, 0.4) is 0 Å². The Bertz CT molecular complexity index is 753. The van der Waals surface area contributed by atoms with Crippen molar-refractivity contribution in [2.45, 2.75) is 13.1 Å². The summed E-state index contributed by atoms with van der Waals surface area (Å²) in [6.07, 6.45) is 3.38. The quantitative estimate of drug-likeness (QED) is 0.733. The highest BCUT2D eigenvalue weighted by atomic mass is 79.9. The summed E-state index contributed by atoms with van der Waals surface area (Å²) in [6, 6.07) is 16.3. The number of benzene rings is 2. The van der Waals surface area contributed by atoms with Crippen molar-refractivity contribution in [3.63, 3.8) is 0 Å². The molecule has 0 aromatic heterocycles. The summed E-state index contributed by atoms with van der Waals surface area (Å²) < 4.78 is 6.37. The second-order valence-electron chi connectivity index (χ2n) is 6.31. The Balaban J connectivity index is 1.45. The van der Waals surface area contributed by atoms with Gasteiger partial charge < -0.3 is 10.1 Å². The molecular weight excluding hydrogens is 392 g/mol. The number of nitrogens with one attached hydrogen (secondary N) is 1. The van der Waals surface area contributed by atoms with Gasteiger partial charge in [-0.2, -0.15) is 0 Å². The largest absolute Gasteiger partial charge is 0.379 e. The summed E-state index contributed by atoms with van der Waals surface area (Å²) in [5.41, 5.74) is 3.37. The molecule has 0 radical (unpaired) electrons. The predicted molar refractivity (Wildman–Crippen MR) is 108 cm³/mol. The molecule has 136 valence electrons. The molecule has 0 saturated carbocycles. The minimum absolute atomic E-state index is 0.0950. The molecule has 1 aliphatic rings. The Morgan fingerprint density at radius 3 is 2.58 bits per heavy atom. The van der Waals surface area contributed by atoms with Crippen LogP contribution in [0.15, 0.2) is 59.1 Å². The van der Waals surface area contributed by atoms with Crippen molar-refractivity contribution >= 4 is 27.9 Å². The van der Waals surface area contributed by atoms with Crippen molar-refractivity contribution in [2.75, 3.05) is 26.3 Å². The van der Waals surface area contributed by atoms with Crippen molar-refractivity contribution in [2.24, 2.45) is 0 Å². The first-order valence-corrected chi connectivity index (χ1v) is 9.58. The number of rotatable bonds is 6. The molecular formula is C21H23BrN2O2. The van der Waals surface area contributed by atoms with E-state index in [4.69, 9.17) is 4.74 Å². The minimum atomic E-state index is -0.0950. The molecule has 1 saturated heterocycles. The Labute approximate surface area is 163 Å². The normalized spacial score (nSPS) is 15.3. The van der Waals surface area contributed by atoms with Crippen molar-refractivity contribution in [3.8, 4) is 0 Å². The topological polar surface area (TPSA) is 41.6 Å². The average molecular weight is 415 g/mol. The van der Waals surface area contributed by atoms with Crippen LogP contribution in [0.1, 0.15) is 16.7 Å². The lowest BCUT2D eigenvalue weighted by molar-refractivity contribution is -0.116. The highest BCUT2D eigenvalue weighted by Gasteiger charge is 2.10. The van der Waals surface area contributed by atoms with Gasteiger partial charge in [-0.25, -0.2) is 0 Å². The van der Waals surface area contributed by atoms with Gasteiger partial charge in [-0.3, -0.25) is 9.69 Å². The first kappa shape index (κ1) is 18.8. The number of halogens is 1. The molecule has 5 heteroatoms. The maximum Gasteiger partial charge on any atom is 0.244 e. The van der Waals surface area contributed by atoms with E-state index in [-0.39, 0.29) is 5.91 Å². The van der Waals surface area contributed by atoms with E-state index in [1.165, 1.54) is 5.56 Å². The molecule has 0 unspecified atom stereocenters. The molecule has 1 amide bonds. The zero-order valence-corrected chi connectivity index (χ0v) is 16.2. The SMILES string of the molecule is O=C(/C=C/c1cccc(Br)c1)NCc1ccc(CN2CCOCC2)cc1. The highest BCUT2D eigenvalue weighted by molar-refractivity contribution is 9.10. The number of ether oxygens (including phenoxy) is 1. The molecule has 4 nitrogen and oxygen atoms in total. The molecule has 2 aromatic carbocycles. The van der Waals surface area contributed by atoms with E-state index >= 15 is 0 Å². The lowest BCUT2D eigenvalue weighted by Gasteiger charge is -2.26. The van der Waals surface area contributed by atoms with Crippen LogP contribution < -0.4 is 5.32 Å². The van der Waals surface area contributed by atoms with Gasteiger partial charge in [-0.15, -0.1) is 0 Å². The van der Waals surface area contributed by atoms with E-state index in [0.717, 1.165) is 48.4 Å². The van der Waals surface area contributed by atoms with Gasteiger partial charge >= 0.3 is 0 Å². The lowest BCUT2D eigenvalue weighted by atomic mass is 10.1. The van der Waals surface area contributed by atoms with Gasteiger partial charge in [0.25, 0.3) is 0 Å². The Kier molecular flexibility index (Phi) is 7.00. The number of amides is 1. The molecule has 1 aliphatic heterocycles. The van der Waals surface area contributed by atoms with Crippen LogP contribution in [0.4, 0.5) is 0 Å². The summed E-state index contributed by atoms with van der Waals surface area (Å²) in [4.78, 5) is 14.4. The van der Waals surface area contributed by atoms with Crippen LogP contribution in [0.25, 0.3) is 6.08 Å². The van der Waals surface area contributed by atoms with Crippen molar-refractivity contribution in [1.29, 1.82) is 0 Å². The third-order valence-corrected chi connectivity index (χ3v) is 4.77. The molecule has 0 aliphatic carbocycles. The Morgan fingerprint density at radius 2 is 1.85 bits per heavy atom. The summed E-state index contributed by atoms with van der Waals surface area (Å²) in [5, 5.41) is 2.92. The lowest BCUT2D eigenvalue weighted by Crippen LogP contribution is -2.35. The third kappa shape index (κ3) is 6.09. The van der Waals surface area contributed by atoms with Crippen molar-refractivity contribution < 1.29 is 9.53 Å². The van der Waals surface area contributed by atoms with Gasteiger partial charge in [-0.1, -0.05) is 52.3 Å². The van der Waals surface area contributed by atoms with E-state index in [9.17, 15) is 4.79 Å². The number of hydrogen-bond donors (Lipinski definition) is 1. The number of hydrogen-bond acceptors (Lipinski definition) is 3. The summed E-state index contributed by atoms with van der Waals surface area (Å²) >= 11 is 3.42. The van der Waals surface area contributed by atoms with Crippen molar-refractivity contribution in [3.05, 3.63) is 75.8 Å². The maximum atomic E-state index is 12.0. The van der Waals surface area contributed by atoms with Crippen molar-refractivity contribution in [1.82, 2.24) is 10.2 Å². The van der Waals surface area contributed by atoms with Crippen LogP contribution in [0.5, 0.6) is 0 Å². The standard InChI is InChI=1S/C21H23BrN2O2/c22-20-3-1-2-17(14-20)8-9-21(25)23-15-18-4-6-19(7-5-18)16-24-10-12-26-13-11-24/h1-9,14H,10-13,15-16H2,(H,23,25)/b9-8+. The van der Waals surface area contributed by atoms with Gasteiger partial charge in [0.15, 0.2) is 0 Å². The molecule has 0 spiro atoms. The van der Waals surface area contributed by atoms with E-state index in [1.807, 2.05) is 30.3 Å². The van der Waals surface area contributed by atoms with E-state index in [2.05, 4.69) is 50.4 Å². The molecule has 26 heavy (non-hydrogen) atoms. The molecule has 1 N–H and O–H groups in total.